The molecule has 0 spiro atoms. The first-order valence-electron chi connectivity index (χ1n) is 12.5. The Balaban J connectivity index is 0.000000663. The molecule has 210 valence electrons. The largest absolute Gasteiger partial charge is 0.497 e. The summed E-state index contributed by atoms with van der Waals surface area (Å²) in [6, 6.07) is 18.4. The molecule has 0 radical (unpaired) electrons. The van der Waals surface area contributed by atoms with Crippen LogP contribution in [0.15, 0.2) is 72.9 Å². The molecule has 2 aromatic carbocycles. The van der Waals surface area contributed by atoms with Gasteiger partial charge in [-0.15, -0.1) is 0 Å². The first-order valence-corrected chi connectivity index (χ1v) is 12.5. The molecule has 0 unspecified atom stereocenters. The monoisotopic (exact) mass is 551 g/mol. The number of amides is 1. The lowest BCUT2D eigenvalue weighted by Crippen LogP contribution is -2.43. The Morgan fingerprint density at radius 3 is 2.20 bits per heavy atom. The molecule has 11 heteroatoms. The number of benzene rings is 2. The average Bonchev–Trinajstić information content (AvgIpc) is 2.98. The minimum atomic E-state index is -1.82. The molecule has 0 atom stereocenters. The molecule has 1 saturated heterocycles. The predicted molar refractivity (Wildman–Crippen MR) is 144 cm³/mol. The van der Waals surface area contributed by atoms with Crippen LogP contribution in [0.2, 0.25) is 0 Å². The van der Waals surface area contributed by atoms with Crippen molar-refractivity contribution in [2.45, 2.75) is 12.8 Å². The van der Waals surface area contributed by atoms with E-state index in [0.717, 1.165) is 25.9 Å². The van der Waals surface area contributed by atoms with Gasteiger partial charge in [0.2, 0.25) is 0 Å². The molecule has 0 saturated carbocycles. The van der Waals surface area contributed by atoms with Crippen molar-refractivity contribution in [3.8, 4) is 5.75 Å². The zero-order valence-corrected chi connectivity index (χ0v) is 21.9. The number of likely N-dealkylation sites (tertiary alicyclic amines) is 1. The maximum atomic E-state index is 13.3. The minimum absolute atomic E-state index is 0.0629. The smallest absolute Gasteiger partial charge is 0.414 e. The fourth-order valence-electron chi connectivity index (χ4n) is 4.26. The van der Waals surface area contributed by atoms with Crippen molar-refractivity contribution in [1.82, 2.24) is 9.88 Å². The summed E-state index contributed by atoms with van der Waals surface area (Å²) in [5.41, 5.74) is 1.10. The van der Waals surface area contributed by atoms with Crippen LogP contribution in [-0.4, -0.2) is 77.0 Å². The fraction of sp³-hybridized carbons (Fsp3) is 0.276. The molecule has 1 amide bonds. The summed E-state index contributed by atoms with van der Waals surface area (Å²) in [6.45, 7) is 2.68. The topological polar surface area (TPSA) is 137 Å². The molecule has 2 N–H and O–H groups in total. The highest BCUT2D eigenvalue weighted by Gasteiger charge is 2.27. The van der Waals surface area contributed by atoms with E-state index >= 15 is 0 Å². The third-order valence-electron chi connectivity index (χ3n) is 6.40. The summed E-state index contributed by atoms with van der Waals surface area (Å²) in [6.07, 6.45) is 3.15. The molecule has 1 aliphatic rings. The number of carbonyl (C=O) groups excluding carboxylic acids is 2. The Morgan fingerprint density at radius 2 is 1.62 bits per heavy atom. The molecule has 3 aromatic rings. The lowest BCUT2D eigenvalue weighted by Gasteiger charge is -2.33. The van der Waals surface area contributed by atoms with Crippen LogP contribution >= 0.6 is 0 Å². The third-order valence-corrected chi connectivity index (χ3v) is 6.40. The van der Waals surface area contributed by atoms with Crippen molar-refractivity contribution in [1.29, 1.82) is 0 Å². The zero-order chi connectivity index (χ0) is 29.1. The number of hydrogen-bond acceptors (Lipinski definition) is 7. The normalized spacial score (nSPS) is 13.4. The summed E-state index contributed by atoms with van der Waals surface area (Å²) >= 11 is 0. The molecule has 1 fully saturated rings. The summed E-state index contributed by atoms with van der Waals surface area (Å²) in [5, 5.41) is 14.8. The lowest BCUT2D eigenvalue weighted by atomic mass is 9.89. The summed E-state index contributed by atoms with van der Waals surface area (Å²) in [4.78, 5) is 52.6. The predicted octanol–water partition coefficient (Wildman–Crippen LogP) is 3.63. The Kier molecular flexibility index (Phi) is 10.8. The second-order valence-corrected chi connectivity index (χ2v) is 8.97. The van der Waals surface area contributed by atoms with Crippen molar-refractivity contribution in [3.63, 3.8) is 0 Å². The van der Waals surface area contributed by atoms with Gasteiger partial charge in [-0.1, -0.05) is 12.1 Å². The Bertz CT molecular complexity index is 1300. The number of ether oxygens (including phenoxy) is 1. The number of rotatable bonds is 8. The highest BCUT2D eigenvalue weighted by Crippen LogP contribution is 2.23. The van der Waals surface area contributed by atoms with Crippen LogP contribution in [0.5, 0.6) is 5.75 Å². The van der Waals surface area contributed by atoms with Crippen LogP contribution in [0.25, 0.3) is 0 Å². The number of hydrogen-bond donors (Lipinski definition) is 2. The van der Waals surface area contributed by atoms with Crippen molar-refractivity contribution in [2.75, 3.05) is 38.2 Å². The van der Waals surface area contributed by atoms with Gasteiger partial charge in [-0.05, 0) is 80.5 Å². The van der Waals surface area contributed by atoms with Crippen LogP contribution < -0.4 is 9.64 Å². The fourth-order valence-corrected chi connectivity index (χ4v) is 4.26. The van der Waals surface area contributed by atoms with E-state index in [1.54, 1.807) is 54.6 Å². The number of anilines is 1. The van der Waals surface area contributed by atoms with Crippen molar-refractivity contribution in [3.05, 3.63) is 89.9 Å². The van der Waals surface area contributed by atoms with Crippen LogP contribution in [0.4, 0.5) is 10.2 Å². The lowest BCUT2D eigenvalue weighted by molar-refractivity contribution is -0.159. The number of carbonyl (C=O) groups is 4. The van der Waals surface area contributed by atoms with Gasteiger partial charge >= 0.3 is 11.9 Å². The van der Waals surface area contributed by atoms with Crippen LogP contribution in [-0.2, 0) is 9.59 Å². The van der Waals surface area contributed by atoms with Crippen molar-refractivity contribution in [2.24, 2.45) is 5.92 Å². The Hall–Kier alpha value is -4.64. The number of carboxylic acid groups (broad SMARTS) is 2. The van der Waals surface area contributed by atoms with Crippen LogP contribution in [0.1, 0.15) is 33.6 Å². The molecule has 0 bridgehead atoms. The van der Waals surface area contributed by atoms with Gasteiger partial charge in [0.25, 0.3) is 5.91 Å². The summed E-state index contributed by atoms with van der Waals surface area (Å²) in [7, 11) is 1.57. The molecular weight excluding hydrogens is 521 g/mol. The van der Waals surface area contributed by atoms with Crippen LogP contribution in [0, 0.1) is 11.7 Å². The Labute approximate surface area is 230 Å². The summed E-state index contributed by atoms with van der Waals surface area (Å²) < 4.78 is 18.4. The second kappa shape index (κ2) is 14.5. The van der Waals surface area contributed by atoms with Gasteiger partial charge in [-0.25, -0.2) is 19.0 Å². The number of aromatic nitrogens is 1. The average molecular weight is 552 g/mol. The number of aliphatic carboxylic acids is 2. The van der Waals surface area contributed by atoms with Gasteiger partial charge in [-0.3, -0.25) is 14.5 Å². The highest BCUT2D eigenvalue weighted by molar-refractivity contribution is 6.27. The van der Waals surface area contributed by atoms with Crippen LogP contribution in [0.3, 0.4) is 0 Å². The zero-order valence-electron chi connectivity index (χ0n) is 21.9. The second-order valence-electron chi connectivity index (χ2n) is 8.97. The maximum absolute atomic E-state index is 13.3. The van der Waals surface area contributed by atoms with Gasteiger partial charge in [0.15, 0.2) is 5.78 Å². The minimum Gasteiger partial charge on any atom is -0.497 e. The van der Waals surface area contributed by atoms with E-state index in [-0.39, 0.29) is 23.4 Å². The summed E-state index contributed by atoms with van der Waals surface area (Å²) in [5.74, 6) is -2.90. The molecule has 1 aromatic heterocycles. The van der Waals surface area contributed by atoms with Gasteiger partial charge in [0.05, 0.1) is 7.11 Å². The van der Waals surface area contributed by atoms with Crippen molar-refractivity contribution >= 4 is 29.4 Å². The third kappa shape index (κ3) is 8.43. The molecule has 40 heavy (non-hydrogen) atoms. The molecule has 0 aliphatic carbocycles. The molecular formula is C29H30FN3O7. The number of pyridine rings is 1. The first kappa shape index (κ1) is 29.9. The number of carboxylic acids is 2. The first-order chi connectivity index (χ1) is 19.2. The molecule has 1 aliphatic heterocycles. The highest BCUT2D eigenvalue weighted by atomic mass is 19.1. The standard InChI is InChI=1S/C27H28FN3O3.C2H2O4/c1-34-24-6-4-5-22(19-24)27(33)31(25-7-2-3-14-29-25)18-17-30-15-12-21(13-16-30)26(32)20-8-10-23(28)11-9-20;3-1(4)2(5)6/h2-11,14,19,21H,12-13,15-18H2,1H3;(H,3,4)(H,5,6). The number of nitrogens with zero attached hydrogens (tertiary/aromatic N) is 3. The van der Waals surface area contributed by atoms with E-state index in [9.17, 15) is 14.0 Å². The van der Waals surface area contributed by atoms with E-state index < -0.39 is 11.9 Å². The van der Waals surface area contributed by atoms with Gasteiger partial charge < -0.3 is 19.8 Å². The number of halogens is 1. The molecule has 4 rings (SSSR count). The number of ketones is 1. The van der Waals surface area contributed by atoms with E-state index in [4.69, 9.17) is 24.5 Å². The number of piperidine rings is 1. The van der Waals surface area contributed by atoms with Gasteiger partial charge in [-0.2, -0.15) is 0 Å². The quantitative estimate of drug-likeness (QED) is 0.318. The van der Waals surface area contributed by atoms with E-state index in [0.29, 0.717) is 35.8 Å². The van der Waals surface area contributed by atoms with Gasteiger partial charge in [0.1, 0.15) is 17.4 Å². The Morgan fingerprint density at radius 1 is 0.950 bits per heavy atom. The van der Waals surface area contributed by atoms with E-state index in [1.807, 2.05) is 18.2 Å². The molecule has 10 nitrogen and oxygen atoms in total. The number of methoxy groups -OCH3 is 1. The van der Waals surface area contributed by atoms with E-state index in [2.05, 4.69) is 9.88 Å². The maximum Gasteiger partial charge on any atom is 0.414 e. The number of Topliss-reactive ketones (excluding diaryl/α,β-unsaturated/α-hetero) is 1. The van der Waals surface area contributed by atoms with Crippen molar-refractivity contribution < 1.29 is 38.5 Å². The van der Waals surface area contributed by atoms with Gasteiger partial charge in [0, 0.05) is 36.3 Å². The SMILES string of the molecule is COc1cccc(C(=O)N(CCN2CCC(C(=O)c3ccc(F)cc3)CC2)c2ccccn2)c1.O=C(O)C(=O)O. The molecule has 2 heterocycles. The van der Waals surface area contributed by atoms with E-state index in [1.165, 1.54) is 12.1 Å².